The zero-order chi connectivity index (χ0) is 17.3. The van der Waals surface area contributed by atoms with E-state index >= 15 is 0 Å². The highest BCUT2D eigenvalue weighted by Crippen LogP contribution is 2.23. The van der Waals surface area contributed by atoms with E-state index in [4.69, 9.17) is 20.4 Å². The summed E-state index contributed by atoms with van der Waals surface area (Å²) in [6.45, 7) is -0.406. The van der Waals surface area contributed by atoms with Gasteiger partial charge in [0.2, 0.25) is 5.60 Å². The largest absolute Gasteiger partial charge is 0.481 e. The standard InChI is InChI=1S/C11H16O11/c1-6(13)21-11(10(18)19,2-8(15)16)3-9(17)22-20-5-7(14)4-12/h7,12,14H,2-5H2,1H3,(H,15,16)(H,18,19). The van der Waals surface area contributed by atoms with Crippen LogP contribution in [0.5, 0.6) is 0 Å². The highest BCUT2D eigenvalue weighted by atomic mass is 17.2. The SMILES string of the molecule is CC(=O)OC(CC(=O)O)(CC(=O)OOCC(O)CO)C(=O)O. The number of rotatable bonds is 10. The Kier molecular flexibility index (Phi) is 8.01. The number of carbonyl (C=O) groups is 4. The van der Waals surface area contributed by atoms with Crippen molar-refractivity contribution in [3.63, 3.8) is 0 Å². The molecular formula is C11H16O11. The highest BCUT2D eigenvalue weighted by Gasteiger charge is 2.47. The number of hydrogen-bond donors (Lipinski definition) is 4. The number of carbonyl (C=O) groups excluding carboxylic acids is 2. The normalized spacial score (nSPS) is 14.5. The highest BCUT2D eigenvalue weighted by molar-refractivity contribution is 5.90. The summed E-state index contributed by atoms with van der Waals surface area (Å²) in [5, 5.41) is 35.2. The third-order valence-corrected chi connectivity index (χ3v) is 2.22. The van der Waals surface area contributed by atoms with Crippen LogP contribution in [0.1, 0.15) is 19.8 Å². The average molecular weight is 324 g/mol. The maximum absolute atomic E-state index is 11.5. The first-order chi connectivity index (χ1) is 10.1. The molecule has 0 radical (unpaired) electrons. The van der Waals surface area contributed by atoms with E-state index in [-0.39, 0.29) is 0 Å². The van der Waals surface area contributed by atoms with Crippen LogP contribution in [0.15, 0.2) is 0 Å². The first kappa shape index (κ1) is 19.8. The molecule has 0 heterocycles. The van der Waals surface area contributed by atoms with Gasteiger partial charge >= 0.3 is 23.9 Å². The van der Waals surface area contributed by atoms with Gasteiger partial charge in [0, 0.05) is 6.92 Å². The molecule has 0 bridgehead atoms. The first-order valence-corrected chi connectivity index (χ1v) is 5.89. The van der Waals surface area contributed by atoms with Crippen LogP contribution >= 0.6 is 0 Å². The van der Waals surface area contributed by atoms with E-state index < -0.39 is 61.6 Å². The van der Waals surface area contributed by atoms with Crippen LogP contribution < -0.4 is 0 Å². The van der Waals surface area contributed by atoms with Crippen LogP contribution in [0.25, 0.3) is 0 Å². The summed E-state index contributed by atoms with van der Waals surface area (Å²) in [6.07, 6.45) is -3.62. The third kappa shape index (κ3) is 6.97. The molecule has 0 saturated heterocycles. The number of esters is 1. The molecule has 0 amide bonds. The molecule has 0 rings (SSSR count). The zero-order valence-corrected chi connectivity index (χ0v) is 11.6. The molecule has 126 valence electrons. The molecule has 0 spiro atoms. The second-order valence-electron chi connectivity index (χ2n) is 4.22. The molecule has 0 aromatic rings. The molecule has 2 atom stereocenters. The summed E-state index contributed by atoms with van der Waals surface area (Å²) in [5.74, 6) is -5.91. The Balaban J connectivity index is 4.88. The quantitative estimate of drug-likeness (QED) is 0.200. The van der Waals surface area contributed by atoms with Gasteiger partial charge < -0.3 is 25.2 Å². The van der Waals surface area contributed by atoms with E-state index in [1.54, 1.807) is 0 Å². The zero-order valence-electron chi connectivity index (χ0n) is 11.6. The molecule has 11 heteroatoms. The lowest BCUT2D eigenvalue weighted by Crippen LogP contribution is -2.47. The van der Waals surface area contributed by atoms with Gasteiger partial charge in [0.25, 0.3) is 0 Å². The number of ether oxygens (including phenoxy) is 1. The number of hydrogen-bond acceptors (Lipinski definition) is 9. The molecule has 0 fully saturated rings. The summed E-state index contributed by atoms with van der Waals surface area (Å²) in [4.78, 5) is 52.7. The Bertz CT molecular complexity index is 414. The fraction of sp³-hybridized carbons (Fsp3) is 0.636. The van der Waals surface area contributed by atoms with Crippen molar-refractivity contribution in [1.29, 1.82) is 0 Å². The van der Waals surface area contributed by atoms with Gasteiger partial charge in [-0.05, 0) is 0 Å². The van der Waals surface area contributed by atoms with Gasteiger partial charge in [-0.15, -0.1) is 0 Å². The van der Waals surface area contributed by atoms with E-state index in [1.165, 1.54) is 0 Å². The van der Waals surface area contributed by atoms with E-state index in [0.717, 1.165) is 6.92 Å². The molecule has 0 aromatic heterocycles. The van der Waals surface area contributed by atoms with Gasteiger partial charge in [-0.25, -0.2) is 9.59 Å². The molecule has 0 aliphatic carbocycles. The summed E-state index contributed by atoms with van der Waals surface area (Å²) in [5.41, 5.74) is -2.65. The summed E-state index contributed by atoms with van der Waals surface area (Å²) in [6, 6.07) is 0. The minimum Gasteiger partial charge on any atom is -0.481 e. The van der Waals surface area contributed by atoms with E-state index in [1.807, 2.05) is 0 Å². The number of aliphatic hydroxyl groups excluding tert-OH is 2. The van der Waals surface area contributed by atoms with Crippen molar-refractivity contribution in [1.82, 2.24) is 0 Å². The Labute approximate surface area is 123 Å². The predicted octanol–water partition coefficient (Wildman–Crippen LogP) is -1.93. The van der Waals surface area contributed by atoms with Gasteiger partial charge in [-0.2, -0.15) is 4.89 Å². The minimum atomic E-state index is -2.65. The maximum atomic E-state index is 11.5. The smallest absolute Gasteiger partial charge is 0.349 e. The Morgan fingerprint density at radius 3 is 2.14 bits per heavy atom. The van der Waals surface area contributed by atoms with Crippen LogP contribution in [-0.4, -0.2) is 69.2 Å². The molecule has 22 heavy (non-hydrogen) atoms. The van der Waals surface area contributed by atoms with Crippen LogP contribution in [0, 0.1) is 0 Å². The number of aliphatic carboxylic acids is 2. The molecule has 0 saturated carbocycles. The fourth-order valence-corrected chi connectivity index (χ4v) is 1.34. The summed E-state index contributed by atoms with van der Waals surface area (Å²) in [7, 11) is 0. The monoisotopic (exact) mass is 324 g/mol. The van der Waals surface area contributed by atoms with E-state index in [9.17, 15) is 19.2 Å². The lowest BCUT2D eigenvalue weighted by atomic mass is 9.95. The molecular weight excluding hydrogens is 308 g/mol. The van der Waals surface area contributed by atoms with Gasteiger partial charge in [0.05, 0.1) is 13.0 Å². The Morgan fingerprint density at radius 1 is 1.14 bits per heavy atom. The molecule has 0 aromatic carbocycles. The third-order valence-electron chi connectivity index (χ3n) is 2.22. The van der Waals surface area contributed by atoms with E-state index in [2.05, 4.69) is 14.5 Å². The predicted molar refractivity (Wildman–Crippen MR) is 64.1 cm³/mol. The Hall–Kier alpha value is -2.24. The topological polar surface area (TPSA) is 177 Å². The van der Waals surface area contributed by atoms with Gasteiger partial charge in [-0.3, -0.25) is 14.5 Å². The molecule has 0 aliphatic heterocycles. The van der Waals surface area contributed by atoms with Crippen LogP contribution in [0.3, 0.4) is 0 Å². The lowest BCUT2D eigenvalue weighted by molar-refractivity contribution is -0.285. The fourth-order valence-electron chi connectivity index (χ4n) is 1.34. The number of carboxylic acid groups (broad SMARTS) is 2. The average Bonchev–Trinajstić information content (AvgIpc) is 2.36. The molecule has 11 nitrogen and oxygen atoms in total. The van der Waals surface area contributed by atoms with Gasteiger partial charge in [0.15, 0.2) is 0 Å². The second-order valence-corrected chi connectivity index (χ2v) is 4.22. The summed E-state index contributed by atoms with van der Waals surface area (Å²) < 4.78 is 4.46. The minimum absolute atomic E-state index is 0.588. The van der Waals surface area contributed by atoms with Crippen molar-refractivity contribution in [2.75, 3.05) is 13.2 Å². The summed E-state index contributed by atoms with van der Waals surface area (Å²) >= 11 is 0. The van der Waals surface area contributed by atoms with Crippen molar-refractivity contribution < 1.29 is 54.1 Å². The van der Waals surface area contributed by atoms with E-state index in [0.29, 0.717) is 0 Å². The van der Waals surface area contributed by atoms with Crippen molar-refractivity contribution in [2.45, 2.75) is 31.5 Å². The maximum Gasteiger partial charge on any atom is 0.349 e. The number of carboxylic acids is 2. The Morgan fingerprint density at radius 2 is 1.73 bits per heavy atom. The molecule has 2 unspecified atom stereocenters. The lowest BCUT2D eigenvalue weighted by Gasteiger charge is -2.25. The van der Waals surface area contributed by atoms with Crippen molar-refractivity contribution >= 4 is 23.9 Å². The van der Waals surface area contributed by atoms with Crippen LogP contribution in [0.4, 0.5) is 0 Å². The second kappa shape index (κ2) is 8.92. The van der Waals surface area contributed by atoms with Gasteiger partial charge in [-0.1, -0.05) is 0 Å². The van der Waals surface area contributed by atoms with Gasteiger partial charge in [0.1, 0.15) is 19.1 Å². The van der Waals surface area contributed by atoms with Crippen LogP contribution in [0.2, 0.25) is 0 Å². The van der Waals surface area contributed by atoms with Crippen molar-refractivity contribution in [3.05, 3.63) is 0 Å². The van der Waals surface area contributed by atoms with Crippen molar-refractivity contribution in [3.8, 4) is 0 Å². The van der Waals surface area contributed by atoms with Crippen LogP contribution in [-0.2, 0) is 33.7 Å². The number of aliphatic hydroxyl groups is 2. The molecule has 4 N–H and O–H groups in total. The van der Waals surface area contributed by atoms with Crippen molar-refractivity contribution in [2.24, 2.45) is 0 Å². The molecule has 0 aliphatic rings. The first-order valence-electron chi connectivity index (χ1n) is 5.89.